The summed E-state index contributed by atoms with van der Waals surface area (Å²) in [4.78, 5) is 16.2. The van der Waals surface area contributed by atoms with Crippen molar-refractivity contribution in [2.75, 3.05) is 13.6 Å². The van der Waals surface area contributed by atoms with Gasteiger partial charge in [0.15, 0.2) is 0 Å². The van der Waals surface area contributed by atoms with E-state index in [-0.39, 0.29) is 6.54 Å². The highest BCUT2D eigenvalue weighted by molar-refractivity contribution is 5.68. The summed E-state index contributed by atoms with van der Waals surface area (Å²) in [7, 11) is 1.78. The van der Waals surface area contributed by atoms with Crippen LogP contribution in [0.1, 0.15) is 12.6 Å². The Hall–Kier alpha value is -1.36. The van der Waals surface area contributed by atoms with E-state index in [1.165, 1.54) is 0 Å². The summed E-state index contributed by atoms with van der Waals surface area (Å²) in [5.74, 6) is -0.810. The number of aliphatic carboxylic acids is 1. The zero-order valence-corrected chi connectivity index (χ0v) is 8.47. The Balaban J connectivity index is 2.55. The minimum atomic E-state index is -0.810. The second kappa shape index (κ2) is 4.76. The number of carboxylic acid groups (broad SMARTS) is 1. The van der Waals surface area contributed by atoms with E-state index in [9.17, 15) is 4.79 Å². The summed E-state index contributed by atoms with van der Waals surface area (Å²) in [6, 6.07) is 0. The van der Waals surface area contributed by atoms with Gasteiger partial charge in [0, 0.05) is 19.3 Å². The maximum Gasteiger partial charge on any atom is 0.317 e. The third kappa shape index (κ3) is 2.85. The van der Waals surface area contributed by atoms with Crippen molar-refractivity contribution in [3.63, 3.8) is 0 Å². The monoisotopic (exact) mass is 197 g/mol. The molecule has 1 N–H and O–H groups in total. The number of carbonyl (C=O) groups is 1. The zero-order valence-electron chi connectivity index (χ0n) is 8.47. The van der Waals surface area contributed by atoms with Crippen LogP contribution in [0.2, 0.25) is 0 Å². The molecule has 1 rings (SSSR count). The van der Waals surface area contributed by atoms with E-state index in [4.69, 9.17) is 5.11 Å². The van der Waals surface area contributed by atoms with E-state index in [0.29, 0.717) is 6.54 Å². The van der Waals surface area contributed by atoms with Gasteiger partial charge in [0.25, 0.3) is 0 Å². The Bertz CT molecular complexity index is 309. The van der Waals surface area contributed by atoms with Crippen LogP contribution in [0.25, 0.3) is 0 Å². The lowest BCUT2D eigenvalue weighted by molar-refractivity contribution is -0.138. The fourth-order valence-corrected chi connectivity index (χ4v) is 1.33. The highest BCUT2D eigenvalue weighted by Gasteiger charge is 2.07. The van der Waals surface area contributed by atoms with Gasteiger partial charge in [0.1, 0.15) is 0 Å². The molecule has 1 aromatic rings. The van der Waals surface area contributed by atoms with Gasteiger partial charge in [0.05, 0.1) is 18.6 Å². The molecule has 0 radical (unpaired) electrons. The van der Waals surface area contributed by atoms with Crippen molar-refractivity contribution in [2.24, 2.45) is 0 Å². The van der Waals surface area contributed by atoms with Crippen molar-refractivity contribution in [3.8, 4) is 0 Å². The zero-order chi connectivity index (χ0) is 10.6. The lowest BCUT2D eigenvalue weighted by Gasteiger charge is -2.14. The Morgan fingerprint density at radius 2 is 2.43 bits per heavy atom. The van der Waals surface area contributed by atoms with Crippen LogP contribution in [-0.4, -0.2) is 39.1 Å². The molecule has 0 fully saturated rings. The van der Waals surface area contributed by atoms with Crippen LogP contribution in [0, 0.1) is 0 Å². The molecule has 14 heavy (non-hydrogen) atoms. The van der Waals surface area contributed by atoms with Gasteiger partial charge in [-0.05, 0) is 14.0 Å². The fraction of sp³-hybridized carbons (Fsp3) is 0.556. The Morgan fingerprint density at radius 1 is 1.71 bits per heavy atom. The van der Waals surface area contributed by atoms with E-state index < -0.39 is 5.97 Å². The van der Waals surface area contributed by atoms with E-state index in [0.717, 1.165) is 12.2 Å². The van der Waals surface area contributed by atoms with E-state index in [1.54, 1.807) is 24.5 Å². The number of imidazole rings is 1. The normalized spacial score (nSPS) is 10.8. The molecule has 5 nitrogen and oxygen atoms in total. The van der Waals surface area contributed by atoms with Gasteiger partial charge < -0.3 is 9.67 Å². The second-order valence-electron chi connectivity index (χ2n) is 3.24. The molecule has 0 unspecified atom stereocenters. The first-order chi connectivity index (χ1) is 6.63. The molecular weight excluding hydrogens is 182 g/mol. The summed E-state index contributed by atoms with van der Waals surface area (Å²) < 4.78 is 2.00. The first kappa shape index (κ1) is 10.7. The SMILES string of the molecule is CCn1cncc1CN(C)CC(=O)O. The Kier molecular flexibility index (Phi) is 3.64. The summed E-state index contributed by atoms with van der Waals surface area (Å²) in [5.41, 5.74) is 1.04. The molecule has 1 aromatic heterocycles. The molecule has 5 heteroatoms. The lowest BCUT2D eigenvalue weighted by Crippen LogP contribution is -2.26. The van der Waals surface area contributed by atoms with Crippen molar-refractivity contribution in [3.05, 3.63) is 18.2 Å². The molecule has 0 aliphatic carbocycles. The summed E-state index contributed by atoms with van der Waals surface area (Å²) in [5, 5.41) is 8.57. The molecule has 0 spiro atoms. The van der Waals surface area contributed by atoms with Gasteiger partial charge in [0.2, 0.25) is 0 Å². The molecule has 0 aromatic carbocycles. The molecule has 0 aliphatic heterocycles. The van der Waals surface area contributed by atoms with Gasteiger partial charge in [-0.25, -0.2) is 4.98 Å². The maximum absolute atomic E-state index is 10.4. The van der Waals surface area contributed by atoms with Gasteiger partial charge >= 0.3 is 5.97 Å². The number of aromatic nitrogens is 2. The fourth-order valence-electron chi connectivity index (χ4n) is 1.33. The standard InChI is InChI=1S/C9H15N3O2/c1-3-12-7-10-4-8(12)5-11(2)6-9(13)14/h4,7H,3,5-6H2,1-2H3,(H,13,14). The molecule has 0 amide bonds. The maximum atomic E-state index is 10.4. The van der Waals surface area contributed by atoms with Crippen LogP contribution in [0.4, 0.5) is 0 Å². The Morgan fingerprint density at radius 3 is 3.00 bits per heavy atom. The molecule has 78 valence electrons. The predicted molar refractivity (Wildman–Crippen MR) is 51.9 cm³/mol. The van der Waals surface area contributed by atoms with Crippen LogP contribution in [-0.2, 0) is 17.9 Å². The van der Waals surface area contributed by atoms with E-state index >= 15 is 0 Å². The van der Waals surface area contributed by atoms with Crippen LogP contribution >= 0.6 is 0 Å². The minimum absolute atomic E-state index is 0.0505. The van der Waals surface area contributed by atoms with Crippen LogP contribution < -0.4 is 0 Å². The number of nitrogens with zero attached hydrogens (tertiary/aromatic N) is 3. The van der Waals surface area contributed by atoms with Crippen LogP contribution in [0.15, 0.2) is 12.5 Å². The van der Waals surface area contributed by atoms with Crippen LogP contribution in [0.3, 0.4) is 0 Å². The first-order valence-electron chi connectivity index (χ1n) is 4.52. The summed E-state index contributed by atoms with van der Waals surface area (Å²) in [6.07, 6.45) is 3.52. The topological polar surface area (TPSA) is 58.4 Å². The molecule has 0 bridgehead atoms. The number of hydrogen-bond acceptors (Lipinski definition) is 3. The molecule has 0 saturated carbocycles. The lowest BCUT2D eigenvalue weighted by atomic mass is 10.4. The third-order valence-electron chi connectivity index (χ3n) is 1.98. The molecule has 1 heterocycles. The van der Waals surface area contributed by atoms with Gasteiger partial charge in [-0.3, -0.25) is 9.69 Å². The average Bonchev–Trinajstić information content (AvgIpc) is 2.50. The average molecular weight is 197 g/mol. The quantitative estimate of drug-likeness (QED) is 0.743. The predicted octanol–water partition coefficient (Wildman–Crippen LogP) is 0.419. The minimum Gasteiger partial charge on any atom is -0.480 e. The van der Waals surface area contributed by atoms with Crippen LogP contribution in [0.5, 0.6) is 0 Å². The highest BCUT2D eigenvalue weighted by atomic mass is 16.4. The number of carboxylic acids is 1. The van der Waals surface area contributed by atoms with Gasteiger partial charge in [-0.2, -0.15) is 0 Å². The number of aryl methyl sites for hydroxylation is 1. The number of hydrogen-bond donors (Lipinski definition) is 1. The smallest absolute Gasteiger partial charge is 0.317 e. The van der Waals surface area contributed by atoms with Gasteiger partial charge in [-0.15, -0.1) is 0 Å². The molecule has 0 saturated heterocycles. The van der Waals surface area contributed by atoms with Crippen molar-refractivity contribution >= 4 is 5.97 Å². The molecular formula is C9H15N3O2. The van der Waals surface area contributed by atoms with E-state index in [1.807, 2.05) is 11.5 Å². The van der Waals surface area contributed by atoms with Crippen molar-refractivity contribution in [2.45, 2.75) is 20.0 Å². The molecule has 0 atom stereocenters. The van der Waals surface area contributed by atoms with Crippen molar-refractivity contribution in [1.29, 1.82) is 0 Å². The molecule has 0 aliphatic rings. The summed E-state index contributed by atoms with van der Waals surface area (Å²) >= 11 is 0. The third-order valence-corrected chi connectivity index (χ3v) is 1.98. The Labute approximate surface area is 83.0 Å². The first-order valence-corrected chi connectivity index (χ1v) is 4.52. The number of likely N-dealkylation sites (N-methyl/N-ethyl adjacent to an activating group) is 1. The largest absolute Gasteiger partial charge is 0.480 e. The summed E-state index contributed by atoms with van der Waals surface area (Å²) in [6.45, 7) is 3.55. The van der Waals surface area contributed by atoms with Gasteiger partial charge in [-0.1, -0.05) is 0 Å². The second-order valence-corrected chi connectivity index (χ2v) is 3.24. The van der Waals surface area contributed by atoms with E-state index in [2.05, 4.69) is 4.98 Å². The van der Waals surface area contributed by atoms with Crippen molar-refractivity contribution < 1.29 is 9.90 Å². The highest BCUT2D eigenvalue weighted by Crippen LogP contribution is 2.02. The van der Waals surface area contributed by atoms with Crippen molar-refractivity contribution in [1.82, 2.24) is 14.5 Å². The number of rotatable bonds is 5.